The van der Waals surface area contributed by atoms with Gasteiger partial charge in [0.25, 0.3) is 0 Å². The zero-order valence-corrected chi connectivity index (χ0v) is 10.5. The fourth-order valence-corrected chi connectivity index (χ4v) is 2.25. The van der Waals surface area contributed by atoms with Crippen LogP contribution in [-0.2, 0) is 0 Å². The standard InChI is InChI=1S/C12H20N4O/c1-3-17-11-6-7-14-12(15-11)16-8-4-5-10(16)9-13-2/h6-7,10,13H,3-5,8-9H2,1-2H3. The fraction of sp³-hybridized carbons (Fsp3) is 0.667. The van der Waals surface area contributed by atoms with Crippen molar-refractivity contribution in [1.29, 1.82) is 0 Å². The van der Waals surface area contributed by atoms with E-state index in [1.54, 1.807) is 12.3 Å². The van der Waals surface area contributed by atoms with Crippen molar-refractivity contribution in [2.75, 3.05) is 31.6 Å². The molecule has 1 unspecified atom stereocenters. The Morgan fingerprint density at radius 1 is 1.59 bits per heavy atom. The normalized spacial score (nSPS) is 19.6. The van der Waals surface area contributed by atoms with E-state index in [-0.39, 0.29) is 0 Å². The smallest absolute Gasteiger partial charge is 0.228 e. The molecule has 1 aliphatic heterocycles. The van der Waals surface area contributed by atoms with Gasteiger partial charge in [0.2, 0.25) is 11.8 Å². The topological polar surface area (TPSA) is 50.3 Å². The highest BCUT2D eigenvalue weighted by molar-refractivity contribution is 5.35. The summed E-state index contributed by atoms with van der Waals surface area (Å²) in [4.78, 5) is 11.0. The van der Waals surface area contributed by atoms with Crippen LogP contribution in [-0.4, -0.2) is 42.8 Å². The van der Waals surface area contributed by atoms with E-state index in [1.165, 1.54) is 12.8 Å². The molecule has 2 rings (SSSR count). The van der Waals surface area contributed by atoms with Gasteiger partial charge in [0.15, 0.2) is 0 Å². The van der Waals surface area contributed by atoms with Crippen molar-refractivity contribution in [1.82, 2.24) is 15.3 Å². The van der Waals surface area contributed by atoms with Crippen LogP contribution in [0.3, 0.4) is 0 Å². The summed E-state index contributed by atoms with van der Waals surface area (Å²) in [6.07, 6.45) is 4.17. The van der Waals surface area contributed by atoms with E-state index in [9.17, 15) is 0 Å². The van der Waals surface area contributed by atoms with Crippen molar-refractivity contribution < 1.29 is 4.74 Å². The van der Waals surface area contributed by atoms with Crippen molar-refractivity contribution in [3.8, 4) is 5.88 Å². The molecule has 1 fully saturated rings. The third-order valence-corrected chi connectivity index (χ3v) is 2.98. The van der Waals surface area contributed by atoms with E-state index in [0.29, 0.717) is 18.5 Å². The minimum atomic E-state index is 0.497. The molecular weight excluding hydrogens is 216 g/mol. The van der Waals surface area contributed by atoms with Gasteiger partial charge in [0.05, 0.1) is 6.61 Å². The molecule has 0 saturated carbocycles. The number of ether oxygens (including phenoxy) is 1. The van der Waals surface area contributed by atoms with Crippen molar-refractivity contribution in [3.05, 3.63) is 12.3 Å². The molecule has 0 aromatic carbocycles. The van der Waals surface area contributed by atoms with Crippen LogP contribution in [0.4, 0.5) is 5.95 Å². The van der Waals surface area contributed by atoms with Crippen molar-refractivity contribution in [2.45, 2.75) is 25.8 Å². The molecule has 0 radical (unpaired) electrons. The van der Waals surface area contributed by atoms with Crippen molar-refractivity contribution in [3.63, 3.8) is 0 Å². The van der Waals surface area contributed by atoms with E-state index >= 15 is 0 Å². The maximum absolute atomic E-state index is 5.41. The molecular formula is C12H20N4O. The van der Waals surface area contributed by atoms with Crippen LogP contribution in [0, 0.1) is 0 Å². The average molecular weight is 236 g/mol. The third-order valence-electron chi connectivity index (χ3n) is 2.98. The molecule has 0 bridgehead atoms. The Balaban J connectivity index is 2.12. The predicted molar refractivity (Wildman–Crippen MR) is 67.5 cm³/mol. The first-order valence-corrected chi connectivity index (χ1v) is 6.22. The zero-order valence-electron chi connectivity index (χ0n) is 10.5. The second-order valence-corrected chi connectivity index (χ2v) is 4.18. The number of likely N-dealkylation sites (N-methyl/N-ethyl adjacent to an activating group) is 1. The fourth-order valence-electron chi connectivity index (χ4n) is 2.25. The predicted octanol–water partition coefficient (Wildman–Crippen LogP) is 1.06. The molecule has 0 spiro atoms. The summed E-state index contributed by atoms with van der Waals surface area (Å²) in [7, 11) is 1.98. The summed E-state index contributed by atoms with van der Waals surface area (Å²) in [6, 6.07) is 2.30. The summed E-state index contributed by atoms with van der Waals surface area (Å²) >= 11 is 0. The molecule has 0 aliphatic carbocycles. The molecule has 2 heterocycles. The second kappa shape index (κ2) is 5.82. The van der Waals surface area contributed by atoms with Gasteiger partial charge < -0.3 is 15.0 Å². The van der Waals surface area contributed by atoms with E-state index < -0.39 is 0 Å². The minimum Gasteiger partial charge on any atom is -0.478 e. The largest absolute Gasteiger partial charge is 0.478 e. The van der Waals surface area contributed by atoms with Gasteiger partial charge in [0, 0.05) is 31.4 Å². The lowest BCUT2D eigenvalue weighted by molar-refractivity contribution is 0.326. The van der Waals surface area contributed by atoms with E-state index in [2.05, 4.69) is 20.2 Å². The minimum absolute atomic E-state index is 0.497. The van der Waals surface area contributed by atoms with E-state index in [4.69, 9.17) is 4.74 Å². The molecule has 1 aliphatic rings. The van der Waals surface area contributed by atoms with Gasteiger partial charge in [-0.3, -0.25) is 0 Å². The molecule has 1 saturated heterocycles. The van der Waals surface area contributed by atoms with Gasteiger partial charge in [-0.1, -0.05) is 0 Å². The van der Waals surface area contributed by atoms with Gasteiger partial charge in [-0.25, -0.2) is 4.98 Å². The summed E-state index contributed by atoms with van der Waals surface area (Å²) in [5.41, 5.74) is 0. The number of rotatable bonds is 5. The van der Waals surface area contributed by atoms with Crippen LogP contribution in [0.15, 0.2) is 12.3 Å². The third kappa shape index (κ3) is 2.85. The van der Waals surface area contributed by atoms with Gasteiger partial charge in [-0.05, 0) is 26.8 Å². The maximum atomic E-state index is 5.41. The molecule has 1 atom stereocenters. The summed E-state index contributed by atoms with van der Waals surface area (Å²) in [5, 5.41) is 3.22. The highest BCUT2D eigenvalue weighted by Gasteiger charge is 2.26. The number of nitrogens with zero attached hydrogens (tertiary/aromatic N) is 3. The van der Waals surface area contributed by atoms with Crippen LogP contribution in [0.5, 0.6) is 5.88 Å². The summed E-state index contributed by atoms with van der Waals surface area (Å²) in [6.45, 7) is 4.60. The van der Waals surface area contributed by atoms with Crippen LogP contribution in [0.2, 0.25) is 0 Å². The van der Waals surface area contributed by atoms with Crippen LogP contribution in [0.1, 0.15) is 19.8 Å². The number of nitrogens with one attached hydrogen (secondary N) is 1. The van der Waals surface area contributed by atoms with Gasteiger partial charge in [-0.15, -0.1) is 0 Å². The van der Waals surface area contributed by atoms with Crippen LogP contribution < -0.4 is 15.0 Å². The molecule has 17 heavy (non-hydrogen) atoms. The van der Waals surface area contributed by atoms with Crippen molar-refractivity contribution in [2.24, 2.45) is 0 Å². The lowest BCUT2D eigenvalue weighted by atomic mass is 10.2. The van der Waals surface area contributed by atoms with Crippen LogP contribution in [0.25, 0.3) is 0 Å². The molecule has 1 aromatic heterocycles. The van der Waals surface area contributed by atoms with Gasteiger partial charge in [0.1, 0.15) is 0 Å². The number of hydrogen-bond acceptors (Lipinski definition) is 5. The van der Waals surface area contributed by atoms with Gasteiger partial charge in [-0.2, -0.15) is 4.98 Å². The van der Waals surface area contributed by atoms with Crippen molar-refractivity contribution >= 4 is 5.95 Å². The highest BCUT2D eigenvalue weighted by atomic mass is 16.5. The summed E-state index contributed by atoms with van der Waals surface area (Å²) < 4.78 is 5.41. The quantitative estimate of drug-likeness (QED) is 0.828. The Morgan fingerprint density at radius 3 is 3.24 bits per heavy atom. The SMILES string of the molecule is CCOc1ccnc(N2CCCC2CNC)n1. The Morgan fingerprint density at radius 2 is 2.47 bits per heavy atom. The highest BCUT2D eigenvalue weighted by Crippen LogP contribution is 2.23. The summed E-state index contributed by atoms with van der Waals surface area (Å²) in [5.74, 6) is 1.45. The van der Waals surface area contributed by atoms with Gasteiger partial charge >= 0.3 is 0 Å². The van der Waals surface area contributed by atoms with Crippen LogP contribution >= 0.6 is 0 Å². The molecule has 94 valence electrons. The first kappa shape index (κ1) is 12.1. The number of hydrogen-bond donors (Lipinski definition) is 1. The number of aromatic nitrogens is 2. The molecule has 1 aromatic rings. The first-order valence-electron chi connectivity index (χ1n) is 6.22. The lowest BCUT2D eigenvalue weighted by Gasteiger charge is -2.24. The average Bonchev–Trinajstić information content (AvgIpc) is 2.79. The lowest BCUT2D eigenvalue weighted by Crippen LogP contribution is -2.37. The Labute approximate surface area is 102 Å². The molecule has 5 nitrogen and oxygen atoms in total. The molecule has 1 N–H and O–H groups in total. The van der Waals surface area contributed by atoms with E-state index in [1.807, 2.05) is 14.0 Å². The Kier molecular flexibility index (Phi) is 4.14. The van der Waals surface area contributed by atoms with E-state index in [0.717, 1.165) is 19.0 Å². The zero-order chi connectivity index (χ0) is 12.1. The Bertz CT molecular complexity index is 358. The second-order valence-electron chi connectivity index (χ2n) is 4.18. The first-order chi connectivity index (χ1) is 8.35. The molecule has 0 amide bonds. The monoisotopic (exact) mass is 236 g/mol. The number of anilines is 1. The molecule has 5 heteroatoms. The maximum Gasteiger partial charge on any atom is 0.228 e. The Hall–Kier alpha value is -1.36.